The third-order valence-corrected chi connectivity index (χ3v) is 4.95. The van der Waals surface area contributed by atoms with E-state index in [1.165, 1.54) is 25.7 Å². The van der Waals surface area contributed by atoms with Crippen LogP contribution in [0.1, 0.15) is 49.9 Å². The van der Waals surface area contributed by atoms with Gasteiger partial charge in [0.1, 0.15) is 0 Å². The molecule has 144 valence electrons. The van der Waals surface area contributed by atoms with E-state index in [-0.39, 0.29) is 5.91 Å². The summed E-state index contributed by atoms with van der Waals surface area (Å²) in [6.07, 6.45) is 8.53. The minimum atomic E-state index is -0.108. The predicted octanol–water partition coefficient (Wildman–Crippen LogP) is 2.54. The average molecular weight is 360 g/mol. The van der Waals surface area contributed by atoms with Crippen molar-refractivity contribution in [2.24, 2.45) is 16.8 Å². The van der Waals surface area contributed by atoms with Gasteiger partial charge in [0.15, 0.2) is 5.96 Å². The summed E-state index contributed by atoms with van der Waals surface area (Å²) in [5.74, 6) is 2.44. The molecule has 0 radical (unpaired) electrons. The van der Waals surface area contributed by atoms with E-state index in [2.05, 4.69) is 46.4 Å². The van der Waals surface area contributed by atoms with Crippen molar-refractivity contribution in [3.05, 3.63) is 30.1 Å². The summed E-state index contributed by atoms with van der Waals surface area (Å²) in [5.41, 5.74) is 0.576. The molecule has 0 aromatic carbocycles. The normalized spacial score (nSPS) is 20.5. The molecular formula is C20H33N5O. The molecule has 1 aromatic heterocycles. The second kappa shape index (κ2) is 10.8. The average Bonchev–Trinajstić information content (AvgIpc) is 2.66. The first-order valence-corrected chi connectivity index (χ1v) is 9.77. The number of hydrogen-bond acceptors (Lipinski definition) is 3. The highest BCUT2D eigenvalue weighted by atomic mass is 16.1. The van der Waals surface area contributed by atoms with Crippen molar-refractivity contribution in [3.8, 4) is 0 Å². The van der Waals surface area contributed by atoms with Gasteiger partial charge in [-0.25, -0.2) is 0 Å². The Kier molecular flexibility index (Phi) is 8.38. The van der Waals surface area contributed by atoms with E-state index in [0.717, 1.165) is 30.9 Å². The number of nitrogens with one attached hydrogen (secondary N) is 2. The number of pyridine rings is 1. The van der Waals surface area contributed by atoms with Crippen molar-refractivity contribution >= 4 is 11.9 Å². The lowest BCUT2D eigenvalue weighted by atomic mass is 9.83. The molecule has 26 heavy (non-hydrogen) atoms. The molecular weight excluding hydrogens is 326 g/mol. The number of hydrogen-bond donors (Lipinski definition) is 2. The Labute approximate surface area is 157 Å². The van der Waals surface area contributed by atoms with Crippen molar-refractivity contribution in [3.63, 3.8) is 0 Å². The summed E-state index contributed by atoms with van der Waals surface area (Å²) in [7, 11) is 2.10. The molecule has 1 aliphatic carbocycles. The number of rotatable bonds is 7. The van der Waals surface area contributed by atoms with Crippen molar-refractivity contribution in [2.75, 3.05) is 33.2 Å². The van der Waals surface area contributed by atoms with Crippen molar-refractivity contribution in [2.45, 2.75) is 39.5 Å². The van der Waals surface area contributed by atoms with Crippen LogP contribution in [0.15, 0.2) is 29.5 Å². The predicted molar refractivity (Wildman–Crippen MR) is 106 cm³/mol. The Bertz CT molecular complexity index is 567. The molecule has 2 rings (SSSR count). The van der Waals surface area contributed by atoms with Crippen LogP contribution in [0.25, 0.3) is 0 Å². The Morgan fingerprint density at radius 3 is 2.73 bits per heavy atom. The molecule has 1 heterocycles. The summed E-state index contributed by atoms with van der Waals surface area (Å²) in [6.45, 7) is 7.38. The smallest absolute Gasteiger partial charge is 0.252 e. The van der Waals surface area contributed by atoms with E-state index in [4.69, 9.17) is 0 Å². The first kappa shape index (κ1) is 20.2. The number of aromatic nitrogens is 1. The largest absolute Gasteiger partial charge is 0.357 e. The maximum atomic E-state index is 12.0. The quantitative estimate of drug-likeness (QED) is 0.446. The lowest BCUT2D eigenvalue weighted by Gasteiger charge is -2.31. The van der Waals surface area contributed by atoms with E-state index in [1.807, 2.05) is 0 Å². The van der Waals surface area contributed by atoms with Crippen LogP contribution in [-0.2, 0) is 0 Å². The van der Waals surface area contributed by atoms with E-state index in [9.17, 15) is 4.79 Å². The minimum absolute atomic E-state index is 0.108. The number of amides is 1. The van der Waals surface area contributed by atoms with Gasteiger partial charge in [-0.05, 0) is 43.7 Å². The van der Waals surface area contributed by atoms with Crippen LogP contribution in [0.2, 0.25) is 0 Å². The molecule has 6 heteroatoms. The van der Waals surface area contributed by atoms with E-state index in [0.29, 0.717) is 18.7 Å². The zero-order chi connectivity index (χ0) is 18.8. The van der Waals surface area contributed by atoms with Gasteiger partial charge in [-0.1, -0.05) is 19.8 Å². The number of nitrogens with zero attached hydrogens (tertiary/aromatic N) is 3. The van der Waals surface area contributed by atoms with Crippen LogP contribution in [0.4, 0.5) is 0 Å². The topological polar surface area (TPSA) is 69.6 Å². The standard InChI is InChI=1S/C20H33N5O/c1-4-22-20(25(3)15-17-9-7-16(2)8-10-17)24-13-12-23-19(26)18-6-5-11-21-14-18/h5-6,11,14,16-17H,4,7-10,12-13,15H2,1-3H3,(H,22,24)(H,23,26). The Morgan fingerprint density at radius 2 is 2.08 bits per heavy atom. The number of guanidine groups is 1. The summed E-state index contributed by atoms with van der Waals surface area (Å²) in [6, 6.07) is 3.52. The third kappa shape index (κ3) is 6.65. The van der Waals surface area contributed by atoms with Gasteiger partial charge in [-0.15, -0.1) is 0 Å². The molecule has 1 saturated carbocycles. The monoisotopic (exact) mass is 359 g/mol. The molecule has 1 amide bonds. The molecule has 0 saturated heterocycles. The van der Waals surface area contributed by atoms with Crippen LogP contribution in [0.5, 0.6) is 0 Å². The molecule has 0 unspecified atom stereocenters. The molecule has 0 atom stereocenters. The maximum Gasteiger partial charge on any atom is 0.252 e. The fraction of sp³-hybridized carbons (Fsp3) is 0.650. The van der Waals surface area contributed by atoms with Gasteiger partial charge in [0, 0.05) is 39.1 Å². The fourth-order valence-corrected chi connectivity index (χ4v) is 3.39. The van der Waals surface area contributed by atoms with Crippen LogP contribution in [-0.4, -0.2) is 55.0 Å². The molecule has 0 spiro atoms. The highest BCUT2D eigenvalue weighted by Gasteiger charge is 2.20. The first-order valence-electron chi connectivity index (χ1n) is 9.77. The molecule has 0 aliphatic heterocycles. The Morgan fingerprint density at radius 1 is 1.31 bits per heavy atom. The van der Waals surface area contributed by atoms with Crippen molar-refractivity contribution in [1.29, 1.82) is 0 Å². The van der Waals surface area contributed by atoms with Gasteiger partial charge >= 0.3 is 0 Å². The summed E-state index contributed by atoms with van der Waals surface area (Å²) < 4.78 is 0. The zero-order valence-electron chi connectivity index (χ0n) is 16.4. The summed E-state index contributed by atoms with van der Waals surface area (Å²) in [5, 5.41) is 6.24. The molecule has 1 fully saturated rings. The molecule has 1 aliphatic rings. The molecule has 6 nitrogen and oxygen atoms in total. The van der Waals surface area contributed by atoms with Crippen LogP contribution < -0.4 is 10.6 Å². The van der Waals surface area contributed by atoms with Crippen LogP contribution in [0.3, 0.4) is 0 Å². The van der Waals surface area contributed by atoms with Crippen molar-refractivity contribution < 1.29 is 4.79 Å². The van der Waals surface area contributed by atoms with E-state index in [1.54, 1.807) is 24.5 Å². The maximum absolute atomic E-state index is 12.0. The fourth-order valence-electron chi connectivity index (χ4n) is 3.39. The van der Waals surface area contributed by atoms with Gasteiger partial charge < -0.3 is 15.5 Å². The molecule has 0 bridgehead atoms. The van der Waals surface area contributed by atoms with Gasteiger partial charge in [0.05, 0.1) is 12.1 Å². The number of carbonyl (C=O) groups excluding carboxylic acids is 1. The van der Waals surface area contributed by atoms with Crippen LogP contribution in [0, 0.1) is 11.8 Å². The molecule has 1 aromatic rings. The van der Waals surface area contributed by atoms with E-state index < -0.39 is 0 Å². The van der Waals surface area contributed by atoms with Gasteiger partial charge in [0.25, 0.3) is 5.91 Å². The Balaban J connectivity index is 1.78. The SMILES string of the molecule is CCNC(=NCCNC(=O)c1cccnc1)N(C)CC1CCC(C)CC1. The number of aliphatic imine (C=N–C) groups is 1. The Hall–Kier alpha value is -2.11. The van der Waals surface area contributed by atoms with Gasteiger partial charge in [-0.3, -0.25) is 14.8 Å². The highest BCUT2D eigenvalue weighted by Crippen LogP contribution is 2.28. The summed E-state index contributed by atoms with van der Waals surface area (Å²) >= 11 is 0. The third-order valence-electron chi connectivity index (χ3n) is 4.95. The zero-order valence-corrected chi connectivity index (χ0v) is 16.4. The summed E-state index contributed by atoms with van der Waals surface area (Å²) in [4.78, 5) is 22.9. The van der Waals surface area contributed by atoms with Gasteiger partial charge in [0.2, 0.25) is 0 Å². The minimum Gasteiger partial charge on any atom is -0.357 e. The second-order valence-corrected chi connectivity index (χ2v) is 7.24. The van der Waals surface area contributed by atoms with Crippen molar-refractivity contribution in [1.82, 2.24) is 20.5 Å². The lowest BCUT2D eigenvalue weighted by Crippen LogP contribution is -2.42. The lowest BCUT2D eigenvalue weighted by molar-refractivity contribution is 0.0954. The van der Waals surface area contributed by atoms with Gasteiger partial charge in [-0.2, -0.15) is 0 Å². The highest BCUT2D eigenvalue weighted by molar-refractivity contribution is 5.93. The number of carbonyl (C=O) groups is 1. The van der Waals surface area contributed by atoms with E-state index >= 15 is 0 Å². The van der Waals surface area contributed by atoms with Crippen LogP contribution >= 0.6 is 0 Å². The first-order chi connectivity index (χ1) is 12.6. The second-order valence-electron chi connectivity index (χ2n) is 7.24. The molecule has 2 N–H and O–H groups in total.